The van der Waals surface area contributed by atoms with E-state index in [0.29, 0.717) is 5.56 Å². The highest BCUT2D eigenvalue weighted by atomic mass is 32.2. The third-order valence-electron chi connectivity index (χ3n) is 4.27. The third-order valence-corrected chi connectivity index (χ3v) is 6.49. The minimum Gasteiger partial charge on any atom is -0.443 e. The molecule has 0 heterocycles. The Morgan fingerprint density at radius 3 is 1.90 bits per heavy atom. The van der Waals surface area contributed by atoms with E-state index in [2.05, 4.69) is 42.2 Å². The molecule has 0 aliphatic rings. The second-order valence-electron chi connectivity index (χ2n) is 7.78. The van der Waals surface area contributed by atoms with Crippen LogP contribution < -0.4 is 0 Å². The van der Waals surface area contributed by atoms with Crippen LogP contribution in [-0.4, -0.2) is 11.6 Å². The Bertz CT molecular complexity index is 1000. The largest absolute Gasteiger partial charge is 0.443 e. The molecule has 3 aromatic rings. The second-order valence-corrected chi connectivity index (χ2v) is 9.81. The lowest BCUT2D eigenvalue weighted by molar-refractivity contribution is 0.0203. The highest BCUT2D eigenvalue weighted by Gasteiger charge is 2.30. The van der Waals surface area contributed by atoms with Crippen LogP contribution in [0.25, 0.3) is 0 Å². The monoisotopic (exact) mass is 415 g/mol. The molecular formula is C27H27O2S+. The molecular weight excluding hydrogens is 388 g/mol. The number of ether oxygens (including phenoxy) is 1. The van der Waals surface area contributed by atoms with Crippen LogP contribution in [0.15, 0.2) is 99.6 Å². The lowest BCUT2D eigenvalue weighted by atomic mass is 10.1. The number of carbonyl (C=O) groups is 1. The second kappa shape index (κ2) is 9.69. The Labute approximate surface area is 182 Å². The van der Waals surface area contributed by atoms with Crippen LogP contribution in [0.3, 0.4) is 0 Å². The smallest absolute Gasteiger partial charge is 0.339 e. The Balaban J connectivity index is 1.94. The highest BCUT2D eigenvalue weighted by Crippen LogP contribution is 2.31. The van der Waals surface area contributed by atoms with Gasteiger partial charge in [-0.15, -0.1) is 0 Å². The summed E-state index contributed by atoms with van der Waals surface area (Å²) < 4.78 is 5.71. The zero-order valence-corrected chi connectivity index (χ0v) is 18.7. The topological polar surface area (TPSA) is 26.3 Å². The first-order valence-electron chi connectivity index (χ1n) is 10.1. The normalized spacial score (nSPS) is 11.1. The van der Waals surface area contributed by atoms with Gasteiger partial charge in [-0.1, -0.05) is 68.2 Å². The molecule has 0 aromatic heterocycles. The van der Waals surface area contributed by atoms with Crippen molar-refractivity contribution in [3.8, 4) is 11.8 Å². The van der Waals surface area contributed by atoms with Crippen LogP contribution in [0.2, 0.25) is 0 Å². The van der Waals surface area contributed by atoms with Gasteiger partial charge in [-0.3, -0.25) is 0 Å². The van der Waals surface area contributed by atoms with Gasteiger partial charge in [0, 0.05) is 12.0 Å². The average molecular weight is 416 g/mol. The number of hydrogen-bond acceptors (Lipinski definition) is 2. The van der Waals surface area contributed by atoms with Gasteiger partial charge in [0.05, 0.1) is 16.5 Å². The Morgan fingerprint density at radius 2 is 1.37 bits per heavy atom. The SMILES string of the molecule is CC(C)C#CC(C)(C)OC(=O)c1cccc([S+](c2ccccc2)c2ccccc2)c1. The molecule has 3 aromatic carbocycles. The molecule has 0 bridgehead atoms. The first-order chi connectivity index (χ1) is 14.4. The summed E-state index contributed by atoms with van der Waals surface area (Å²) in [5.74, 6) is 6.02. The maximum Gasteiger partial charge on any atom is 0.339 e. The van der Waals surface area contributed by atoms with Crippen molar-refractivity contribution < 1.29 is 9.53 Å². The van der Waals surface area contributed by atoms with Crippen molar-refractivity contribution in [2.45, 2.75) is 48.0 Å². The van der Waals surface area contributed by atoms with Gasteiger partial charge in [0.1, 0.15) is 0 Å². The molecule has 3 rings (SSSR count). The molecule has 3 heteroatoms. The van der Waals surface area contributed by atoms with Crippen LogP contribution in [0, 0.1) is 17.8 Å². The van der Waals surface area contributed by atoms with Gasteiger partial charge in [-0.05, 0) is 50.2 Å². The van der Waals surface area contributed by atoms with Crippen molar-refractivity contribution in [1.82, 2.24) is 0 Å². The van der Waals surface area contributed by atoms with Crippen LogP contribution in [0.4, 0.5) is 0 Å². The minimum atomic E-state index is -0.835. The lowest BCUT2D eigenvalue weighted by Gasteiger charge is -2.19. The van der Waals surface area contributed by atoms with E-state index < -0.39 is 5.60 Å². The van der Waals surface area contributed by atoms with Crippen LogP contribution in [0.1, 0.15) is 38.1 Å². The molecule has 0 aliphatic carbocycles. The molecule has 0 N–H and O–H groups in total. The van der Waals surface area contributed by atoms with E-state index in [4.69, 9.17) is 4.74 Å². The van der Waals surface area contributed by atoms with Gasteiger partial charge >= 0.3 is 5.97 Å². The molecule has 0 saturated carbocycles. The van der Waals surface area contributed by atoms with Gasteiger partial charge in [-0.25, -0.2) is 4.79 Å². The first-order valence-corrected chi connectivity index (χ1v) is 11.3. The van der Waals surface area contributed by atoms with Crippen molar-refractivity contribution in [2.24, 2.45) is 5.92 Å². The molecule has 0 atom stereocenters. The Kier molecular flexibility index (Phi) is 7.03. The quantitative estimate of drug-likeness (QED) is 0.275. The van der Waals surface area contributed by atoms with E-state index in [1.165, 1.54) is 9.79 Å². The summed E-state index contributed by atoms with van der Waals surface area (Å²) in [6, 6.07) is 28.5. The van der Waals surface area contributed by atoms with E-state index >= 15 is 0 Å². The molecule has 0 spiro atoms. The van der Waals surface area contributed by atoms with E-state index in [-0.39, 0.29) is 22.8 Å². The lowest BCUT2D eigenvalue weighted by Crippen LogP contribution is -2.26. The van der Waals surface area contributed by atoms with Crippen molar-refractivity contribution >= 4 is 16.9 Å². The number of carbonyl (C=O) groups excluding carboxylic acids is 1. The summed E-state index contributed by atoms with van der Waals surface area (Å²) >= 11 is 0. The van der Waals surface area contributed by atoms with Gasteiger partial charge in [0.2, 0.25) is 0 Å². The average Bonchev–Trinajstić information content (AvgIpc) is 2.74. The molecule has 30 heavy (non-hydrogen) atoms. The van der Waals surface area contributed by atoms with E-state index in [1.54, 1.807) is 6.07 Å². The van der Waals surface area contributed by atoms with E-state index in [1.807, 2.05) is 76.2 Å². The Morgan fingerprint density at radius 1 is 0.833 bits per heavy atom. The summed E-state index contributed by atoms with van der Waals surface area (Å²) in [5.41, 5.74) is -0.297. The molecule has 0 unspecified atom stereocenters. The highest BCUT2D eigenvalue weighted by molar-refractivity contribution is 7.97. The number of esters is 1. The summed E-state index contributed by atoms with van der Waals surface area (Å²) in [5, 5.41) is 0. The van der Waals surface area contributed by atoms with Crippen LogP contribution >= 0.6 is 0 Å². The Hall–Kier alpha value is -2.96. The first kappa shape index (κ1) is 21.7. The summed E-state index contributed by atoms with van der Waals surface area (Å²) in [6.45, 7) is 7.68. The van der Waals surface area contributed by atoms with Gasteiger partial charge < -0.3 is 4.74 Å². The van der Waals surface area contributed by atoms with Crippen molar-refractivity contribution in [3.63, 3.8) is 0 Å². The maximum atomic E-state index is 12.9. The predicted octanol–water partition coefficient (Wildman–Crippen LogP) is 6.38. The van der Waals surface area contributed by atoms with Crippen molar-refractivity contribution in [2.75, 3.05) is 0 Å². The van der Waals surface area contributed by atoms with Gasteiger partial charge in [-0.2, -0.15) is 0 Å². The van der Waals surface area contributed by atoms with Crippen molar-refractivity contribution in [3.05, 3.63) is 90.5 Å². The van der Waals surface area contributed by atoms with Crippen LogP contribution in [-0.2, 0) is 15.6 Å². The fraction of sp³-hybridized carbons (Fsp3) is 0.222. The van der Waals surface area contributed by atoms with Gasteiger partial charge in [0.25, 0.3) is 0 Å². The summed E-state index contributed by atoms with van der Waals surface area (Å²) in [4.78, 5) is 16.4. The summed E-state index contributed by atoms with van der Waals surface area (Å²) in [6.07, 6.45) is 0. The zero-order valence-electron chi connectivity index (χ0n) is 17.9. The van der Waals surface area contributed by atoms with Crippen molar-refractivity contribution in [1.29, 1.82) is 0 Å². The van der Waals surface area contributed by atoms with E-state index in [0.717, 1.165) is 4.90 Å². The fourth-order valence-electron chi connectivity index (χ4n) is 2.91. The standard InChI is InChI=1S/C27H27O2S/c1-21(2)18-19-27(3,4)29-26(28)22-12-11-17-25(20-22)30(23-13-7-5-8-14-23)24-15-9-6-10-16-24/h5-17,20-21H,1-4H3/q+1. The predicted molar refractivity (Wildman–Crippen MR) is 124 cm³/mol. The minimum absolute atomic E-state index is 0.227. The molecule has 0 saturated heterocycles. The maximum absolute atomic E-state index is 12.9. The number of rotatable bonds is 5. The molecule has 0 radical (unpaired) electrons. The van der Waals surface area contributed by atoms with E-state index in [9.17, 15) is 4.79 Å². The van der Waals surface area contributed by atoms with Gasteiger partial charge in [0.15, 0.2) is 20.3 Å². The number of benzene rings is 3. The molecule has 2 nitrogen and oxygen atoms in total. The molecule has 152 valence electrons. The fourth-order valence-corrected chi connectivity index (χ4v) is 5.04. The van der Waals surface area contributed by atoms with Crippen LogP contribution in [0.5, 0.6) is 0 Å². The third kappa shape index (κ3) is 5.78. The summed E-state index contributed by atoms with van der Waals surface area (Å²) in [7, 11) is -0.310. The number of hydrogen-bond donors (Lipinski definition) is 0. The zero-order chi connectivity index (χ0) is 21.6. The molecule has 0 aliphatic heterocycles. The molecule has 0 fully saturated rings. The molecule has 0 amide bonds.